The number of nitrogens with one attached hydrogen (secondary N) is 1. The standard InChI is InChI=1S/C11H24N2O/c1-6-9(2)7-10(13-12)8-14-11(3,4)5/h10,13H,2,6-8,12H2,1,3-5H3. The van der Waals surface area contributed by atoms with E-state index in [2.05, 4.69) is 18.9 Å². The molecule has 0 amide bonds. The molecule has 0 heterocycles. The summed E-state index contributed by atoms with van der Waals surface area (Å²) < 4.78 is 5.64. The third kappa shape index (κ3) is 7.06. The van der Waals surface area contributed by atoms with E-state index in [0.717, 1.165) is 12.8 Å². The van der Waals surface area contributed by atoms with Gasteiger partial charge in [-0.05, 0) is 33.6 Å². The highest BCUT2D eigenvalue weighted by Gasteiger charge is 2.14. The Morgan fingerprint density at radius 3 is 2.43 bits per heavy atom. The van der Waals surface area contributed by atoms with Crippen molar-refractivity contribution >= 4 is 0 Å². The van der Waals surface area contributed by atoms with Crippen LogP contribution in [-0.2, 0) is 4.74 Å². The summed E-state index contributed by atoms with van der Waals surface area (Å²) in [7, 11) is 0. The van der Waals surface area contributed by atoms with E-state index in [0.29, 0.717) is 6.61 Å². The zero-order chi connectivity index (χ0) is 11.2. The second-order valence-electron chi connectivity index (χ2n) is 4.59. The third-order valence-corrected chi connectivity index (χ3v) is 1.99. The summed E-state index contributed by atoms with van der Waals surface area (Å²) in [5.74, 6) is 5.43. The molecule has 84 valence electrons. The van der Waals surface area contributed by atoms with Gasteiger partial charge in [0.25, 0.3) is 0 Å². The van der Waals surface area contributed by atoms with E-state index >= 15 is 0 Å². The van der Waals surface area contributed by atoms with E-state index in [1.165, 1.54) is 5.57 Å². The van der Waals surface area contributed by atoms with E-state index in [1.54, 1.807) is 0 Å². The monoisotopic (exact) mass is 200 g/mol. The van der Waals surface area contributed by atoms with E-state index < -0.39 is 0 Å². The Morgan fingerprint density at radius 1 is 1.50 bits per heavy atom. The highest BCUT2D eigenvalue weighted by atomic mass is 16.5. The first-order valence-corrected chi connectivity index (χ1v) is 5.15. The van der Waals surface area contributed by atoms with Crippen molar-refractivity contribution in [3.63, 3.8) is 0 Å². The summed E-state index contributed by atoms with van der Waals surface area (Å²) in [5, 5.41) is 0. The molecule has 0 fully saturated rings. The van der Waals surface area contributed by atoms with Crippen LogP contribution >= 0.6 is 0 Å². The minimum atomic E-state index is -0.108. The fourth-order valence-corrected chi connectivity index (χ4v) is 1.01. The lowest BCUT2D eigenvalue weighted by Crippen LogP contribution is -2.40. The Labute approximate surface area is 87.7 Å². The number of ether oxygens (including phenoxy) is 1. The quantitative estimate of drug-likeness (QED) is 0.391. The van der Waals surface area contributed by atoms with Crippen molar-refractivity contribution in [1.82, 2.24) is 5.43 Å². The van der Waals surface area contributed by atoms with Crippen LogP contribution < -0.4 is 11.3 Å². The number of rotatable bonds is 6. The smallest absolute Gasteiger partial charge is 0.0643 e. The van der Waals surface area contributed by atoms with E-state index in [4.69, 9.17) is 10.6 Å². The first kappa shape index (κ1) is 13.6. The van der Waals surface area contributed by atoms with Crippen LogP contribution in [0.3, 0.4) is 0 Å². The minimum Gasteiger partial charge on any atom is -0.374 e. The largest absolute Gasteiger partial charge is 0.374 e. The first-order valence-electron chi connectivity index (χ1n) is 5.15. The van der Waals surface area contributed by atoms with Gasteiger partial charge in [0.1, 0.15) is 0 Å². The van der Waals surface area contributed by atoms with Crippen molar-refractivity contribution < 1.29 is 4.74 Å². The van der Waals surface area contributed by atoms with Crippen molar-refractivity contribution in [3.05, 3.63) is 12.2 Å². The van der Waals surface area contributed by atoms with Crippen molar-refractivity contribution in [2.45, 2.75) is 52.2 Å². The molecular weight excluding hydrogens is 176 g/mol. The van der Waals surface area contributed by atoms with Gasteiger partial charge in [-0.2, -0.15) is 0 Å². The number of hydrogen-bond donors (Lipinski definition) is 2. The molecule has 0 saturated carbocycles. The highest BCUT2D eigenvalue weighted by Crippen LogP contribution is 2.11. The zero-order valence-electron chi connectivity index (χ0n) is 9.89. The molecule has 0 aliphatic heterocycles. The summed E-state index contributed by atoms with van der Waals surface area (Å²) in [6.45, 7) is 12.8. The Kier molecular flexibility index (Phi) is 6.00. The fraction of sp³-hybridized carbons (Fsp3) is 0.818. The van der Waals surface area contributed by atoms with Crippen LogP contribution in [0.25, 0.3) is 0 Å². The molecule has 0 rings (SSSR count). The van der Waals surface area contributed by atoms with Gasteiger partial charge < -0.3 is 4.74 Å². The third-order valence-electron chi connectivity index (χ3n) is 1.99. The van der Waals surface area contributed by atoms with Crippen LogP contribution in [-0.4, -0.2) is 18.2 Å². The Hall–Kier alpha value is -0.380. The predicted molar refractivity (Wildman–Crippen MR) is 60.9 cm³/mol. The normalized spacial score (nSPS) is 14.1. The van der Waals surface area contributed by atoms with Gasteiger partial charge in [-0.1, -0.05) is 19.1 Å². The topological polar surface area (TPSA) is 47.3 Å². The molecule has 0 spiro atoms. The maximum absolute atomic E-state index is 5.64. The van der Waals surface area contributed by atoms with Gasteiger partial charge in [0.15, 0.2) is 0 Å². The molecule has 3 heteroatoms. The molecule has 0 bridgehead atoms. The molecule has 0 aromatic carbocycles. The lowest BCUT2D eigenvalue weighted by molar-refractivity contribution is -0.0144. The molecule has 0 aromatic rings. The zero-order valence-corrected chi connectivity index (χ0v) is 9.89. The minimum absolute atomic E-state index is 0.108. The van der Waals surface area contributed by atoms with Crippen LogP contribution in [0.15, 0.2) is 12.2 Å². The van der Waals surface area contributed by atoms with Crippen molar-refractivity contribution in [3.8, 4) is 0 Å². The van der Waals surface area contributed by atoms with Crippen molar-refractivity contribution in [2.75, 3.05) is 6.61 Å². The summed E-state index contributed by atoms with van der Waals surface area (Å²) in [4.78, 5) is 0. The average Bonchev–Trinajstić information content (AvgIpc) is 2.10. The predicted octanol–water partition coefficient (Wildman–Crippen LogP) is 1.99. The molecule has 0 aliphatic rings. The summed E-state index contributed by atoms with van der Waals surface area (Å²) in [5.41, 5.74) is 3.85. The molecule has 14 heavy (non-hydrogen) atoms. The summed E-state index contributed by atoms with van der Waals surface area (Å²) in [6.07, 6.45) is 1.87. The second-order valence-corrected chi connectivity index (χ2v) is 4.59. The van der Waals surface area contributed by atoms with E-state index in [9.17, 15) is 0 Å². The number of hydrogen-bond acceptors (Lipinski definition) is 3. The van der Waals surface area contributed by atoms with Gasteiger partial charge in [0.2, 0.25) is 0 Å². The van der Waals surface area contributed by atoms with Crippen LogP contribution in [0.1, 0.15) is 40.5 Å². The van der Waals surface area contributed by atoms with Gasteiger partial charge in [0.05, 0.1) is 12.2 Å². The van der Waals surface area contributed by atoms with Crippen LogP contribution in [0.4, 0.5) is 0 Å². The highest BCUT2D eigenvalue weighted by molar-refractivity contribution is 4.96. The average molecular weight is 200 g/mol. The van der Waals surface area contributed by atoms with Gasteiger partial charge in [0, 0.05) is 6.04 Å². The Balaban J connectivity index is 3.86. The molecule has 3 N–H and O–H groups in total. The van der Waals surface area contributed by atoms with Gasteiger partial charge in [-0.3, -0.25) is 11.3 Å². The van der Waals surface area contributed by atoms with Crippen molar-refractivity contribution in [1.29, 1.82) is 0 Å². The fourth-order valence-electron chi connectivity index (χ4n) is 1.01. The lowest BCUT2D eigenvalue weighted by Gasteiger charge is -2.24. The Bertz CT molecular complexity index is 173. The van der Waals surface area contributed by atoms with Gasteiger partial charge in [-0.15, -0.1) is 0 Å². The van der Waals surface area contributed by atoms with Gasteiger partial charge in [-0.25, -0.2) is 0 Å². The van der Waals surface area contributed by atoms with Crippen molar-refractivity contribution in [2.24, 2.45) is 5.84 Å². The SMILES string of the molecule is C=C(CC)CC(COC(C)(C)C)NN. The molecule has 1 unspecified atom stereocenters. The molecule has 1 atom stereocenters. The molecule has 0 aliphatic carbocycles. The number of hydrazine groups is 1. The second kappa shape index (κ2) is 6.17. The molecule has 0 aromatic heterocycles. The summed E-state index contributed by atoms with van der Waals surface area (Å²) in [6, 6.07) is 0.168. The van der Waals surface area contributed by atoms with E-state index in [-0.39, 0.29) is 11.6 Å². The molecule has 0 saturated heterocycles. The molecule has 3 nitrogen and oxygen atoms in total. The maximum atomic E-state index is 5.64. The first-order chi connectivity index (χ1) is 6.39. The van der Waals surface area contributed by atoms with Crippen LogP contribution in [0, 0.1) is 0 Å². The van der Waals surface area contributed by atoms with Crippen LogP contribution in [0.5, 0.6) is 0 Å². The van der Waals surface area contributed by atoms with E-state index in [1.807, 2.05) is 20.8 Å². The maximum Gasteiger partial charge on any atom is 0.0643 e. The molecule has 0 radical (unpaired) electrons. The van der Waals surface area contributed by atoms with Crippen LogP contribution in [0.2, 0.25) is 0 Å². The number of nitrogens with two attached hydrogens (primary N) is 1. The Morgan fingerprint density at radius 2 is 2.07 bits per heavy atom. The molecular formula is C11H24N2O. The summed E-state index contributed by atoms with van der Waals surface area (Å²) >= 11 is 0. The van der Waals surface area contributed by atoms with Gasteiger partial charge >= 0.3 is 0 Å². The lowest BCUT2D eigenvalue weighted by atomic mass is 10.1.